The highest BCUT2D eigenvalue weighted by atomic mass is 35.5. The number of nitrogens with zero attached hydrogens (tertiary/aromatic N) is 2. The van der Waals surface area contributed by atoms with E-state index in [0.717, 1.165) is 0 Å². The molecule has 0 amide bonds. The fourth-order valence-corrected chi connectivity index (χ4v) is 1.70. The third-order valence-corrected chi connectivity index (χ3v) is 2.74. The highest BCUT2D eigenvalue weighted by Crippen LogP contribution is 2.33. The lowest BCUT2D eigenvalue weighted by atomic mass is 9.94. The summed E-state index contributed by atoms with van der Waals surface area (Å²) in [6, 6.07) is 0. The van der Waals surface area contributed by atoms with Crippen molar-refractivity contribution in [3.8, 4) is 0 Å². The van der Waals surface area contributed by atoms with Crippen LogP contribution in [-0.2, 0) is 5.54 Å². The number of nitrogens with one attached hydrogen (secondary N) is 1. The fourth-order valence-electron chi connectivity index (χ4n) is 1.47. The molecule has 0 saturated carbocycles. The lowest BCUT2D eigenvalue weighted by Gasteiger charge is -2.22. The van der Waals surface area contributed by atoms with Gasteiger partial charge in [-0.15, -0.1) is 0 Å². The van der Waals surface area contributed by atoms with Crippen LogP contribution < -0.4 is 5.73 Å². The first-order chi connectivity index (χ1) is 7.44. The minimum absolute atomic E-state index is 0.110. The SMILES string of the molecule is CC(N)(c1c[nH]c2ncnc(Cl)c12)C(F)F. The van der Waals surface area contributed by atoms with Crippen LogP contribution in [-0.4, -0.2) is 21.4 Å². The van der Waals surface area contributed by atoms with E-state index in [2.05, 4.69) is 15.0 Å². The van der Waals surface area contributed by atoms with Gasteiger partial charge in [-0.2, -0.15) is 0 Å². The number of H-pyrrole nitrogens is 1. The standard InChI is InChI=1S/C9H9ClF2N4/c1-9(13,8(11)12)4-2-14-7-5(4)6(10)15-3-16-7/h2-3,8H,13H2,1H3,(H,14,15,16). The van der Waals surface area contributed by atoms with Crippen LogP contribution >= 0.6 is 11.6 Å². The van der Waals surface area contributed by atoms with Crippen LogP contribution in [0.15, 0.2) is 12.5 Å². The Morgan fingerprint density at radius 2 is 2.19 bits per heavy atom. The second-order valence-electron chi connectivity index (χ2n) is 3.67. The second kappa shape index (κ2) is 3.64. The summed E-state index contributed by atoms with van der Waals surface area (Å²) in [6.45, 7) is 1.24. The van der Waals surface area contributed by atoms with E-state index in [1.54, 1.807) is 0 Å². The Labute approximate surface area is 94.8 Å². The van der Waals surface area contributed by atoms with Crippen molar-refractivity contribution in [1.29, 1.82) is 0 Å². The Morgan fingerprint density at radius 1 is 1.50 bits per heavy atom. The van der Waals surface area contributed by atoms with Crippen LogP contribution in [0.4, 0.5) is 8.78 Å². The first kappa shape index (κ1) is 11.2. The van der Waals surface area contributed by atoms with Gasteiger partial charge in [-0.05, 0) is 6.92 Å². The number of fused-ring (bicyclic) bond motifs is 1. The van der Waals surface area contributed by atoms with Gasteiger partial charge in [0, 0.05) is 11.8 Å². The van der Waals surface area contributed by atoms with Gasteiger partial charge in [0.25, 0.3) is 6.43 Å². The highest BCUT2D eigenvalue weighted by molar-refractivity contribution is 6.34. The van der Waals surface area contributed by atoms with Gasteiger partial charge in [0.15, 0.2) is 0 Å². The Balaban J connectivity index is 2.71. The van der Waals surface area contributed by atoms with Crippen LogP contribution in [0.1, 0.15) is 12.5 Å². The molecule has 7 heteroatoms. The second-order valence-corrected chi connectivity index (χ2v) is 4.03. The average molecular weight is 247 g/mol. The molecule has 3 N–H and O–H groups in total. The average Bonchev–Trinajstić information content (AvgIpc) is 2.63. The summed E-state index contributed by atoms with van der Waals surface area (Å²) in [7, 11) is 0. The zero-order chi connectivity index (χ0) is 11.9. The minimum Gasteiger partial charge on any atom is -0.346 e. The van der Waals surface area contributed by atoms with Crippen molar-refractivity contribution in [2.45, 2.75) is 18.9 Å². The predicted octanol–water partition coefficient (Wildman–Crippen LogP) is 2.05. The van der Waals surface area contributed by atoms with Crippen molar-refractivity contribution in [1.82, 2.24) is 15.0 Å². The first-order valence-corrected chi connectivity index (χ1v) is 4.87. The van der Waals surface area contributed by atoms with E-state index in [1.807, 2.05) is 0 Å². The van der Waals surface area contributed by atoms with Gasteiger partial charge in [0.1, 0.15) is 22.7 Å². The molecule has 1 atom stereocenters. The third-order valence-electron chi connectivity index (χ3n) is 2.46. The molecule has 0 bridgehead atoms. The summed E-state index contributed by atoms with van der Waals surface area (Å²) >= 11 is 5.84. The molecule has 0 aliphatic heterocycles. The molecule has 0 spiro atoms. The van der Waals surface area contributed by atoms with Gasteiger partial charge in [-0.3, -0.25) is 0 Å². The summed E-state index contributed by atoms with van der Waals surface area (Å²) in [5, 5.41) is 0.452. The number of aromatic amines is 1. The summed E-state index contributed by atoms with van der Waals surface area (Å²) in [5.74, 6) is 0. The van der Waals surface area contributed by atoms with Crippen LogP contribution in [0, 0.1) is 0 Å². The molecular formula is C9H9ClF2N4. The number of rotatable bonds is 2. The Kier molecular flexibility index (Phi) is 2.55. The topological polar surface area (TPSA) is 67.6 Å². The number of alkyl halides is 2. The molecule has 16 heavy (non-hydrogen) atoms. The van der Waals surface area contributed by atoms with E-state index in [-0.39, 0.29) is 10.7 Å². The van der Waals surface area contributed by atoms with E-state index >= 15 is 0 Å². The number of aromatic nitrogens is 3. The molecule has 1 unspecified atom stereocenters. The van der Waals surface area contributed by atoms with Gasteiger partial charge in [-0.1, -0.05) is 11.6 Å². The van der Waals surface area contributed by atoms with E-state index in [9.17, 15) is 8.78 Å². The van der Waals surface area contributed by atoms with Gasteiger partial charge in [0.05, 0.1) is 5.39 Å². The first-order valence-electron chi connectivity index (χ1n) is 4.49. The monoisotopic (exact) mass is 246 g/mol. The zero-order valence-corrected chi connectivity index (χ0v) is 9.09. The molecule has 2 aromatic heterocycles. The van der Waals surface area contributed by atoms with E-state index < -0.39 is 12.0 Å². The molecular weight excluding hydrogens is 238 g/mol. The molecule has 0 aliphatic carbocycles. The maximum absolute atomic E-state index is 12.8. The molecule has 4 nitrogen and oxygen atoms in total. The maximum Gasteiger partial charge on any atom is 0.260 e. The van der Waals surface area contributed by atoms with Crippen molar-refractivity contribution in [2.75, 3.05) is 0 Å². The van der Waals surface area contributed by atoms with Crippen LogP contribution in [0.5, 0.6) is 0 Å². The van der Waals surface area contributed by atoms with Crippen LogP contribution in [0.2, 0.25) is 5.15 Å². The number of nitrogens with two attached hydrogens (primary N) is 1. The van der Waals surface area contributed by atoms with Crippen molar-refractivity contribution >= 4 is 22.6 Å². The smallest absolute Gasteiger partial charge is 0.260 e. The minimum atomic E-state index is -2.71. The number of hydrogen-bond acceptors (Lipinski definition) is 3. The molecule has 0 radical (unpaired) electrons. The van der Waals surface area contributed by atoms with E-state index in [4.69, 9.17) is 17.3 Å². The maximum atomic E-state index is 12.8. The quantitative estimate of drug-likeness (QED) is 0.797. The van der Waals surface area contributed by atoms with E-state index in [1.165, 1.54) is 19.4 Å². The molecule has 2 heterocycles. The van der Waals surface area contributed by atoms with Gasteiger partial charge in [-0.25, -0.2) is 18.7 Å². The molecule has 0 aromatic carbocycles. The summed E-state index contributed by atoms with van der Waals surface area (Å²) in [4.78, 5) is 10.4. The number of halogens is 3. The summed E-state index contributed by atoms with van der Waals surface area (Å²) < 4.78 is 25.6. The summed E-state index contributed by atoms with van der Waals surface area (Å²) in [5.41, 5.74) is 4.40. The largest absolute Gasteiger partial charge is 0.346 e. The lowest BCUT2D eigenvalue weighted by molar-refractivity contribution is 0.0633. The predicted molar refractivity (Wildman–Crippen MR) is 56.4 cm³/mol. The molecule has 86 valence electrons. The Bertz CT molecular complexity index is 523. The van der Waals surface area contributed by atoms with Crippen molar-refractivity contribution < 1.29 is 8.78 Å². The number of hydrogen-bond donors (Lipinski definition) is 2. The Morgan fingerprint density at radius 3 is 2.81 bits per heavy atom. The van der Waals surface area contributed by atoms with E-state index in [0.29, 0.717) is 11.0 Å². The van der Waals surface area contributed by atoms with Gasteiger partial charge < -0.3 is 10.7 Å². The molecule has 0 saturated heterocycles. The Hall–Kier alpha value is -1.27. The zero-order valence-electron chi connectivity index (χ0n) is 8.34. The molecule has 0 aliphatic rings. The highest BCUT2D eigenvalue weighted by Gasteiger charge is 2.35. The van der Waals surface area contributed by atoms with Crippen LogP contribution in [0.3, 0.4) is 0 Å². The fraction of sp³-hybridized carbons (Fsp3) is 0.333. The lowest BCUT2D eigenvalue weighted by Crippen LogP contribution is -2.40. The molecule has 2 rings (SSSR count). The normalized spacial score (nSPS) is 15.6. The van der Waals surface area contributed by atoms with Crippen LogP contribution in [0.25, 0.3) is 11.0 Å². The van der Waals surface area contributed by atoms with Crippen molar-refractivity contribution in [3.63, 3.8) is 0 Å². The van der Waals surface area contributed by atoms with Crippen molar-refractivity contribution in [3.05, 3.63) is 23.2 Å². The third kappa shape index (κ3) is 1.54. The van der Waals surface area contributed by atoms with Crippen molar-refractivity contribution in [2.24, 2.45) is 5.73 Å². The molecule has 0 fully saturated rings. The van der Waals surface area contributed by atoms with Gasteiger partial charge in [0.2, 0.25) is 0 Å². The summed E-state index contributed by atoms with van der Waals surface area (Å²) in [6.07, 6.45) is -0.0683. The van der Waals surface area contributed by atoms with Gasteiger partial charge >= 0.3 is 0 Å². The molecule has 2 aromatic rings.